The number of hydrogen-bond donors (Lipinski definition) is 1. The summed E-state index contributed by atoms with van der Waals surface area (Å²) < 4.78 is 14.5. The molecule has 0 amide bonds. The van der Waals surface area contributed by atoms with E-state index in [1.165, 1.54) is 6.07 Å². The molecular weight excluding hydrogens is 235 g/mol. The van der Waals surface area contributed by atoms with E-state index in [1.807, 2.05) is 6.07 Å². The van der Waals surface area contributed by atoms with Crippen LogP contribution < -0.4 is 5.32 Å². The zero-order chi connectivity index (χ0) is 11.8. The van der Waals surface area contributed by atoms with Gasteiger partial charge in [-0.05, 0) is 38.4 Å². The van der Waals surface area contributed by atoms with E-state index in [-0.39, 0.29) is 5.82 Å². The molecule has 1 aromatic heterocycles. The smallest absolute Gasteiger partial charge is 0.150 e. The molecule has 90 valence electrons. The number of nitrogens with zero attached hydrogens (tertiary/aromatic N) is 1. The van der Waals surface area contributed by atoms with E-state index in [2.05, 4.69) is 17.2 Å². The van der Waals surface area contributed by atoms with Crippen molar-refractivity contribution >= 4 is 21.6 Å². The second kappa shape index (κ2) is 4.35. The Morgan fingerprint density at radius 2 is 2.35 bits per heavy atom. The molecule has 2 atom stereocenters. The molecule has 0 bridgehead atoms. The SMILES string of the molecule is C[C@H]1C[C@H](c2nc3c(F)cccc3s2)CCN1. The highest BCUT2D eigenvalue weighted by Gasteiger charge is 2.23. The molecule has 3 rings (SSSR count). The lowest BCUT2D eigenvalue weighted by atomic mass is 9.94. The van der Waals surface area contributed by atoms with Gasteiger partial charge in [0.15, 0.2) is 0 Å². The lowest BCUT2D eigenvalue weighted by molar-refractivity contribution is 0.381. The topological polar surface area (TPSA) is 24.9 Å². The summed E-state index contributed by atoms with van der Waals surface area (Å²) in [5.41, 5.74) is 0.540. The number of para-hydroxylation sites is 1. The minimum absolute atomic E-state index is 0.202. The van der Waals surface area contributed by atoms with Crippen LogP contribution in [0, 0.1) is 5.82 Å². The molecular formula is C13H15FN2S. The molecule has 0 unspecified atom stereocenters. The Hall–Kier alpha value is -1.00. The molecule has 0 radical (unpaired) electrons. The first-order valence-corrected chi connectivity index (χ1v) is 6.84. The summed E-state index contributed by atoms with van der Waals surface area (Å²) in [7, 11) is 0. The molecule has 1 aliphatic rings. The maximum absolute atomic E-state index is 13.6. The van der Waals surface area contributed by atoms with Gasteiger partial charge >= 0.3 is 0 Å². The Kier molecular flexibility index (Phi) is 2.84. The Morgan fingerprint density at radius 3 is 3.12 bits per heavy atom. The number of piperidine rings is 1. The lowest BCUT2D eigenvalue weighted by Crippen LogP contribution is -2.34. The minimum Gasteiger partial charge on any atom is -0.314 e. The van der Waals surface area contributed by atoms with E-state index in [4.69, 9.17) is 0 Å². The number of halogens is 1. The van der Waals surface area contributed by atoms with Crippen LogP contribution in [0.4, 0.5) is 4.39 Å². The van der Waals surface area contributed by atoms with Crippen LogP contribution in [0.2, 0.25) is 0 Å². The van der Waals surface area contributed by atoms with Crippen LogP contribution in [-0.2, 0) is 0 Å². The minimum atomic E-state index is -0.202. The molecule has 2 heterocycles. The van der Waals surface area contributed by atoms with Crippen molar-refractivity contribution in [3.8, 4) is 0 Å². The molecule has 2 aromatic rings. The molecule has 0 saturated carbocycles. The van der Waals surface area contributed by atoms with Crippen molar-refractivity contribution in [2.45, 2.75) is 31.7 Å². The summed E-state index contributed by atoms with van der Waals surface area (Å²) >= 11 is 1.64. The quantitative estimate of drug-likeness (QED) is 0.840. The van der Waals surface area contributed by atoms with Crippen molar-refractivity contribution in [2.24, 2.45) is 0 Å². The summed E-state index contributed by atoms with van der Waals surface area (Å²) in [5, 5.41) is 4.53. The van der Waals surface area contributed by atoms with E-state index in [1.54, 1.807) is 17.4 Å². The summed E-state index contributed by atoms with van der Waals surface area (Å²) in [4.78, 5) is 4.49. The number of benzene rings is 1. The van der Waals surface area contributed by atoms with Gasteiger partial charge in [0.25, 0.3) is 0 Å². The number of thiazole rings is 1. The van der Waals surface area contributed by atoms with Crippen molar-refractivity contribution in [3.05, 3.63) is 29.0 Å². The average Bonchev–Trinajstić information content (AvgIpc) is 2.74. The van der Waals surface area contributed by atoms with E-state index in [0.29, 0.717) is 17.5 Å². The Bertz CT molecular complexity index is 537. The van der Waals surface area contributed by atoms with Gasteiger partial charge in [0.05, 0.1) is 9.71 Å². The van der Waals surface area contributed by atoms with Crippen molar-refractivity contribution in [3.63, 3.8) is 0 Å². The largest absolute Gasteiger partial charge is 0.314 e. The van der Waals surface area contributed by atoms with Gasteiger partial charge in [-0.15, -0.1) is 11.3 Å². The second-order valence-corrected chi connectivity index (χ2v) is 5.78. The van der Waals surface area contributed by atoms with E-state index >= 15 is 0 Å². The van der Waals surface area contributed by atoms with Crippen LogP contribution in [0.15, 0.2) is 18.2 Å². The molecule has 1 aliphatic heterocycles. The third-order valence-electron chi connectivity index (χ3n) is 3.36. The van der Waals surface area contributed by atoms with Gasteiger partial charge < -0.3 is 5.32 Å². The summed E-state index contributed by atoms with van der Waals surface area (Å²) in [6.07, 6.45) is 2.20. The highest BCUT2D eigenvalue weighted by molar-refractivity contribution is 7.18. The maximum Gasteiger partial charge on any atom is 0.150 e. The van der Waals surface area contributed by atoms with Gasteiger partial charge in [-0.2, -0.15) is 0 Å². The third-order valence-corrected chi connectivity index (χ3v) is 4.54. The number of fused-ring (bicyclic) bond motifs is 1. The van der Waals surface area contributed by atoms with Gasteiger partial charge in [-0.1, -0.05) is 6.07 Å². The van der Waals surface area contributed by atoms with Crippen molar-refractivity contribution in [1.82, 2.24) is 10.3 Å². The standard InChI is InChI=1S/C13H15FN2S/c1-8-7-9(5-6-15-8)13-16-12-10(14)3-2-4-11(12)17-13/h2-4,8-9,15H,5-7H2,1H3/t8-,9+/m0/s1. The lowest BCUT2D eigenvalue weighted by Gasteiger charge is -2.26. The zero-order valence-electron chi connectivity index (χ0n) is 9.74. The van der Waals surface area contributed by atoms with E-state index in [9.17, 15) is 4.39 Å². The molecule has 1 saturated heterocycles. The first-order chi connectivity index (χ1) is 8.24. The van der Waals surface area contributed by atoms with Crippen LogP contribution in [0.3, 0.4) is 0 Å². The Balaban J connectivity index is 1.97. The van der Waals surface area contributed by atoms with Gasteiger partial charge in [-0.25, -0.2) is 9.37 Å². The zero-order valence-corrected chi connectivity index (χ0v) is 10.6. The summed E-state index contributed by atoms with van der Waals surface area (Å²) in [6, 6.07) is 5.72. The predicted molar refractivity (Wildman–Crippen MR) is 69.0 cm³/mol. The first-order valence-electron chi connectivity index (χ1n) is 6.02. The fraction of sp³-hybridized carbons (Fsp3) is 0.462. The molecule has 17 heavy (non-hydrogen) atoms. The van der Waals surface area contributed by atoms with E-state index in [0.717, 1.165) is 29.1 Å². The maximum atomic E-state index is 13.6. The molecule has 1 aromatic carbocycles. The molecule has 0 aliphatic carbocycles. The van der Waals surface area contributed by atoms with Crippen LogP contribution in [0.25, 0.3) is 10.2 Å². The van der Waals surface area contributed by atoms with E-state index < -0.39 is 0 Å². The Morgan fingerprint density at radius 1 is 1.47 bits per heavy atom. The van der Waals surface area contributed by atoms with Crippen molar-refractivity contribution in [2.75, 3.05) is 6.54 Å². The van der Waals surface area contributed by atoms with Crippen molar-refractivity contribution in [1.29, 1.82) is 0 Å². The number of rotatable bonds is 1. The highest BCUT2D eigenvalue weighted by atomic mass is 32.1. The van der Waals surface area contributed by atoms with Gasteiger partial charge in [-0.3, -0.25) is 0 Å². The van der Waals surface area contributed by atoms with Crippen LogP contribution in [0.1, 0.15) is 30.7 Å². The van der Waals surface area contributed by atoms with Crippen LogP contribution >= 0.6 is 11.3 Å². The first kappa shape index (κ1) is 11.1. The highest BCUT2D eigenvalue weighted by Crippen LogP contribution is 2.34. The summed E-state index contributed by atoms with van der Waals surface area (Å²) in [6.45, 7) is 3.23. The molecule has 1 fully saturated rings. The van der Waals surface area contributed by atoms with Crippen LogP contribution in [0.5, 0.6) is 0 Å². The fourth-order valence-electron chi connectivity index (χ4n) is 2.46. The predicted octanol–water partition coefficient (Wildman–Crippen LogP) is 3.29. The molecule has 2 nitrogen and oxygen atoms in total. The van der Waals surface area contributed by atoms with Gasteiger partial charge in [0, 0.05) is 12.0 Å². The van der Waals surface area contributed by atoms with Crippen LogP contribution in [-0.4, -0.2) is 17.6 Å². The Labute approximate surface area is 104 Å². The monoisotopic (exact) mass is 250 g/mol. The third kappa shape index (κ3) is 2.07. The van der Waals surface area contributed by atoms with Crippen molar-refractivity contribution < 1.29 is 4.39 Å². The average molecular weight is 250 g/mol. The number of nitrogens with one attached hydrogen (secondary N) is 1. The normalized spacial score (nSPS) is 25.3. The second-order valence-electron chi connectivity index (χ2n) is 4.72. The van der Waals surface area contributed by atoms with Gasteiger partial charge in [0.1, 0.15) is 11.3 Å². The number of hydrogen-bond acceptors (Lipinski definition) is 3. The fourth-order valence-corrected chi connectivity index (χ4v) is 3.59. The summed E-state index contributed by atoms with van der Waals surface area (Å²) in [5.74, 6) is 0.287. The number of aromatic nitrogens is 1. The van der Waals surface area contributed by atoms with Gasteiger partial charge in [0.2, 0.25) is 0 Å². The molecule has 0 spiro atoms. The molecule has 4 heteroatoms. The molecule has 1 N–H and O–H groups in total.